The third kappa shape index (κ3) is 2.87. The van der Waals surface area contributed by atoms with E-state index in [1.54, 1.807) is 0 Å². The van der Waals surface area contributed by atoms with E-state index in [0.29, 0.717) is 12.5 Å². The van der Waals surface area contributed by atoms with Crippen LogP contribution >= 0.6 is 0 Å². The van der Waals surface area contributed by atoms with Crippen molar-refractivity contribution in [2.75, 3.05) is 19.6 Å². The van der Waals surface area contributed by atoms with Crippen LogP contribution in [-0.2, 0) is 10.0 Å². The van der Waals surface area contributed by atoms with Crippen LogP contribution in [-0.4, -0.2) is 37.3 Å². The highest BCUT2D eigenvalue weighted by Crippen LogP contribution is 2.29. The van der Waals surface area contributed by atoms with Gasteiger partial charge in [-0.3, -0.25) is 10.1 Å². The molecule has 0 saturated carbocycles. The van der Waals surface area contributed by atoms with Crippen LogP contribution in [0.25, 0.3) is 0 Å². The summed E-state index contributed by atoms with van der Waals surface area (Å²) in [5, 5.41) is 10.7. The van der Waals surface area contributed by atoms with E-state index in [9.17, 15) is 27.3 Å². The van der Waals surface area contributed by atoms with E-state index in [-0.39, 0.29) is 31.6 Å². The first-order valence-electron chi connectivity index (χ1n) is 6.11. The van der Waals surface area contributed by atoms with Gasteiger partial charge in [0.2, 0.25) is 15.8 Å². The summed E-state index contributed by atoms with van der Waals surface area (Å²) in [6.45, 7) is 0.552. The highest BCUT2D eigenvalue weighted by Gasteiger charge is 2.35. The number of hydrogen-bond acceptors (Lipinski definition) is 5. The van der Waals surface area contributed by atoms with Gasteiger partial charge in [-0.1, -0.05) is 0 Å². The number of nitrogens with zero attached hydrogens (tertiary/aromatic N) is 2. The van der Waals surface area contributed by atoms with E-state index in [1.165, 1.54) is 0 Å². The quantitative estimate of drug-likeness (QED) is 0.653. The van der Waals surface area contributed by atoms with Gasteiger partial charge < -0.3 is 5.73 Å². The highest BCUT2D eigenvalue weighted by atomic mass is 32.2. The fraction of sp³-hybridized carbons (Fsp3) is 0.455. The molecule has 0 spiro atoms. The van der Waals surface area contributed by atoms with Gasteiger partial charge in [-0.15, -0.1) is 0 Å². The van der Waals surface area contributed by atoms with Crippen LogP contribution in [0.1, 0.15) is 6.42 Å². The molecule has 2 rings (SSSR count). The fourth-order valence-corrected chi connectivity index (χ4v) is 3.80. The van der Waals surface area contributed by atoms with Crippen molar-refractivity contribution in [2.24, 2.45) is 11.7 Å². The standard InChI is InChI=1S/C11H13F2N3O4S/c12-8-3-9(13)11(4-10(8)16(17)18)21(19,20)15-2-1-7(5-14)6-15/h3-4,7H,1-2,5-6,14H2. The number of nitro benzene ring substituents is 1. The predicted octanol–water partition coefficient (Wildman–Crippen LogP) is 0.842. The molecule has 1 aromatic rings. The fourth-order valence-electron chi connectivity index (χ4n) is 2.20. The van der Waals surface area contributed by atoms with Gasteiger partial charge in [0.15, 0.2) is 0 Å². The van der Waals surface area contributed by atoms with E-state index < -0.39 is 37.2 Å². The summed E-state index contributed by atoms with van der Waals surface area (Å²) < 4.78 is 52.6. The van der Waals surface area contributed by atoms with E-state index in [0.717, 1.165) is 4.31 Å². The van der Waals surface area contributed by atoms with Crippen LogP contribution in [0.3, 0.4) is 0 Å². The van der Waals surface area contributed by atoms with Crippen molar-refractivity contribution in [1.82, 2.24) is 4.31 Å². The van der Waals surface area contributed by atoms with Crippen molar-refractivity contribution < 1.29 is 22.1 Å². The number of sulfonamides is 1. The molecule has 1 unspecified atom stereocenters. The topological polar surface area (TPSA) is 107 Å². The molecule has 0 bridgehead atoms. The van der Waals surface area contributed by atoms with Crippen LogP contribution in [0.2, 0.25) is 0 Å². The maximum absolute atomic E-state index is 13.7. The Hall–Kier alpha value is -1.65. The third-order valence-corrected chi connectivity index (χ3v) is 5.28. The van der Waals surface area contributed by atoms with Crippen LogP contribution in [0.4, 0.5) is 14.5 Å². The molecule has 7 nitrogen and oxygen atoms in total. The van der Waals surface area contributed by atoms with E-state index in [2.05, 4.69) is 0 Å². The second kappa shape index (κ2) is 5.62. The molecule has 0 amide bonds. The molecule has 0 radical (unpaired) electrons. The van der Waals surface area contributed by atoms with Crippen molar-refractivity contribution >= 4 is 15.7 Å². The van der Waals surface area contributed by atoms with Crippen LogP contribution < -0.4 is 5.73 Å². The molecule has 1 aromatic carbocycles. The molecule has 1 aliphatic rings. The Morgan fingerprint density at radius 2 is 2.05 bits per heavy atom. The summed E-state index contributed by atoms with van der Waals surface area (Å²) in [6, 6.07) is 0.622. The molecular weight excluding hydrogens is 308 g/mol. The Labute approximate surface area is 119 Å². The zero-order valence-electron chi connectivity index (χ0n) is 10.8. The SMILES string of the molecule is NCC1CCN(S(=O)(=O)c2cc([N+](=O)[O-])c(F)cc2F)C1. The monoisotopic (exact) mass is 321 g/mol. The molecule has 1 heterocycles. The van der Waals surface area contributed by atoms with Crippen molar-refractivity contribution in [3.05, 3.63) is 33.9 Å². The van der Waals surface area contributed by atoms with Crippen LogP contribution in [0, 0.1) is 27.7 Å². The van der Waals surface area contributed by atoms with Gasteiger partial charge in [-0.2, -0.15) is 8.70 Å². The Kier molecular flexibility index (Phi) is 4.21. The number of rotatable bonds is 4. The van der Waals surface area contributed by atoms with Gasteiger partial charge in [0.05, 0.1) is 4.92 Å². The molecule has 1 aliphatic heterocycles. The first-order chi connectivity index (χ1) is 9.77. The minimum atomic E-state index is -4.25. The number of halogens is 2. The van der Waals surface area contributed by atoms with Crippen LogP contribution in [0.5, 0.6) is 0 Å². The third-order valence-electron chi connectivity index (χ3n) is 3.40. The molecule has 1 fully saturated rings. The number of benzene rings is 1. The first-order valence-corrected chi connectivity index (χ1v) is 7.55. The maximum Gasteiger partial charge on any atom is 0.306 e. The predicted molar refractivity (Wildman–Crippen MR) is 68.9 cm³/mol. The summed E-state index contributed by atoms with van der Waals surface area (Å²) in [7, 11) is -4.25. The molecule has 10 heteroatoms. The summed E-state index contributed by atoms with van der Waals surface area (Å²) in [5.74, 6) is -2.81. The zero-order chi connectivity index (χ0) is 15.8. The van der Waals surface area contributed by atoms with Crippen LogP contribution in [0.15, 0.2) is 17.0 Å². The van der Waals surface area contributed by atoms with Gasteiger partial charge >= 0.3 is 5.69 Å². The Morgan fingerprint density at radius 3 is 2.57 bits per heavy atom. The lowest BCUT2D eigenvalue weighted by Crippen LogP contribution is -2.30. The van der Waals surface area contributed by atoms with Gasteiger partial charge in [0.1, 0.15) is 10.7 Å². The summed E-state index contributed by atoms with van der Waals surface area (Å²) in [5.41, 5.74) is 4.38. The summed E-state index contributed by atoms with van der Waals surface area (Å²) >= 11 is 0. The Balaban J connectivity index is 2.45. The molecule has 116 valence electrons. The van der Waals surface area contributed by atoms with Crippen molar-refractivity contribution in [3.8, 4) is 0 Å². The average molecular weight is 321 g/mol. The molecule has 2 N–H and O–H groups in total. The molecule has 0 aromatic heterocycles. The lowest BCUT2D eigenvalue weighted by molar-refractivity contribution is -0.387. The molecule has 1 atom stereocenters. The average Bonchev–Trinajstić information content (AvgIpc) is 2.87. The summed E-state index contributed by atoms with van der Waals surface area (Å²) in [6.07, 6.45) is 0.528. The second-order valence-corrected chi connectivity index (χ2v) is 6.65. The lowest BCUT2D eigenvalue weighted by Gasteiger charge is -2.16. The number of nitro groups is 1. The maximum atomic E-state index is 13.7. The largest absolute Gasteiger partial charge is 0.330 e. The summed E-state index contributed by atoms with van der Waals surface area (Å²) in [4.78, 5) is 8.66. The van der Waals surface area contributed by atoms with Gasteiger partial charge in [-0.05, 0) is 18.9 Å². The van der Waals surface area contributed by atoms with Gasteiger partial charge in [0.25, 0.3) is 0 Å². The highest BCUT2D eigenvalue weighted by molar-refractivity contribution is 7.89. The molecular formula is C11H13F2N3O4S. The zero-order valence-corrected chi connectivity index (χ0v) is 11.6. The minimum absolute atomic E-state index is 0.0433. The van der Waals surface area contributed by atoms with E-state index in [1.807, 2.05) is 0 Å². The molecule has 1 saturated heterocycles. The number of hydrogen-bond donors (Lipinski definition) is 1. The van der Waals surface area contributed by atoms with Crippen molar-refractivity contribution in [1.29, 1.82) is 0 Å². The second-order valence-electron chi connectivity index (χ2n) is 4.74. The van der Waals surface area contributed by atoms with E-state index in [4.69, 9.17) is 5.73 Å². The Morgan fingerprint density at radius 1 is 1.38 bits per heavy atom. The van der Waals surface area contributed by atoms with Gasteiger partial charge in [0, 0.05) is 25.2 Å². The van der Waals surface area contributed by atoms with Crippen molar-refractivity contribution in [3.63, 3.8) is 0 Å². The minimum Gasteiger partial charge on any atom is -0.330 e. The normalized spacial score (nSPS) is 19.9. The molecule has 0 aliphatic carbocycles. The lowest BCUT2D eigenvalue weighted by atomic mass is 10.1. The van der Waals surface area contributed by atoms with Gasteiger partial charge in [-0.25, -0.2) is 12.8 Å². The number of nitrogens with two attached hydrogens (primary N) is 1. The molecule has 21 heavy (non-hydrogen) atoms. The van der Waals surface area contributed by atoms with Crippen molar-refractivity contribution in [2.45, 2.75) is 11.3 Å². The first kappa shape index (κ1) is 15.7. The van der Waals surface area contributed by atoms with E-state index >= 15 is 0 Å². The Bertz CT molecular complexity index is 680. The smallest absolute Gasteiger partial charge is 0.306 e.